The zero-order chi connectivity index (χ0) is 22.6. The van der Waals surface area contributed by atoms with Crippen molar-refractivity contribution in [2.24, 2.45) is 63.6 Å². The average molecular weight is 443 g/mol. The smallest absolute Gasteiger partial charge is 0.0875 e. The first-order chi connectivity index (χ1) is 15.2. The lowest BCUT2D eigenvalue weighted by Gasteiger charge is -2.61. The second-order valence-corrected chi connectivity index (χ2v) is 14.2. The molecule has 0 radical (unpaired) electrons. The first-order valence-corrected chi connectivity index (χ1v) is 14.4. The highest BCUT2D eigenvalue weighted by atomic mass is 16.6. The minimum Gasteiger partial charge on any atom is -0.381 e. The van der Waals surface area contributed by atoms with Crippen LogP contribution in [0.15, 0.2) is 0 Å². The molecule has 6 rings (SSSR count). The van der Waals surface area contributed by atoms with Crippen LogP contribution in [-0.4, -0.2) is 25.4 Å². The zero-order valence-corrected chi connectivity index (χ0v) is 22.0. The van der Waals surface area contributed by atoms with E-state index in [9.17, 15) is 0 Å². The Labute approximate surface area is 198 Å². The van der Waals surface area contributed by atoms with E-state index >= 15 is 0 Å². The Hall–Kier alpha value is -0.0800. The maximum atomic E-state index is 6.44. The Balaban J connectivity index is 1.23. The summed E-state index contributed by atoms with van der Waals surface area (Å²) in [6, 6.07) is 0. The topological polar surface area (TPSA) is 21.8 Å². The largest absolute Gasteiger partial charge is 0.381 e. The first-order valence-electron chi connectivity index (χ1n) is 14.4. The van der Waals surface area contributed by atoms with Crippen molar-refractivity contribution >= 4 is 0 Å². The third kappa shape index (κ3) is 2.66. The van der Waals surface area contributed by atoms with Gasteiger partial charge in [0.1, 0.15) is 0 Å². The summed E-state index contributed by atoms with van der Waals surface area (Å²) in [6.45, 7) is 15.1. The molecular formula is C30H50O2. The molecule has 1 aliphatic heterocycles. The van der Waals surface area contributed by atoms with Crippen LogP contribution < -0.4 is 0 Å². The van der Waals surface area contributed by atoms with E-state index in [1.807, 2.05) is 7.11 Å². The second kappa shape index (κ2) is 7.22. The van der Waals surface area contributed by atoms with Gasteiger partial charge in [-0.05, 0) is 110 Å². The number of ether oxygens (including phenoxy) is 2. The SMILES string of the molecule is CC[C@@H](C(C)C)[C@@H]1O[C@H]1[C@@H](C)C1CCC2C3C[C@@H](OC)C45C[C@H]4CC[C@]5(C)C3CC[C@@]21C. The summed E-state index contributed by atoms with van der Waals surface area (Å²) >= 11 is 0. The molecule has 1 heterocycles. The van der Waals surface area contributed by atoms with E-state index in [0.29, 0.717) is 34.6 Å². The van der Waals surface area contributed by atoms with E-state index in [2.05, 4.69) is 41.5 Å². The Morgan fingerprint density at radius 1 is 0.969 bits per heavy atom. The lowest BCUT2D eigenvalue weighted by atomic mass is 9.45. The maximum absolute atomic E-state index is 6.44. The number of fused-ring (bicyclic) bond motifs is 4. The van der Waals surface area contributed by atoms with Crippen molar-refractivity contribution in [3.8, 4) is 0 Å². The van der Waals surface area contributed by atoms with Crippen molar-refractivity contribution in [1.29, 1.82) is 0 Å². The van der Waals surface area contributed by atoms with Gasteiger partial charge in [-0.2, -0.15) is 0 Å². The molecule has 5 unspecified atom stereocenters. The molecule has 0 aromatic heterocycles. The summed E-state index contributed by atoms with van der Waals surface area (Å²) in [4.78, 5) is 0. The fourth-order valence-corrected chi connectivity index (χ4v) is 11.7. The lowest BCUT2D eigenvalue weighted by Crippen LogP contribution is -2.57. The van der Waals surface area contributed by atoms with Crippen molar-refractivity contribution in [2.75, 3.05) is 7.11 Å². The number of methoxy groups -OCH3 is 1. The van der Waals surface area contributed by atoms with E-state index in [-0.39, 0.29) is 0 Å². The molecule has 0 aromatic rings. The minimum absolute atomic E-state index is 0.525. The van der Waals surface area contributed by atoms with Crippen LogP contribution in [0.25, 0.3) is 0 Å². The third-order valence-electron chi connectivity index (χ3n) is 13.4. The minimum atomic E-state index is 0.525. The Morgan fingerprint density at radius 3 is 2.41 bits per heavy atom. The molecule has 5 aliphatic carbocycles. The Morgan fingerprint density at radius 2 is 1.75 bits per heavy atom. The molecule has 0 bridgehead atoms. The highest BCUT2D eigenvalue weighted by Crippen LogP contribution is 2.82. The molecule has 1 spiro atoms. The molecule has 2 heteroatoms. The fourth-order valence-electron chi connectivity index (χ4n) is 11.7. The average Bonchev–Trinajstić information content (AvgIpc) is 3.63. The lowest BCUT2D eigenvalue weighted by molar-refractivity contribution is -0.161. The van der Waals surface area contributed by atoms with Crippen molar-refractivity contribution in [3.05, 3.63) is 0 Å². The third-order valence-corrected chi connectivity index (χ3v) is 13.4. The molecule has 6 aliphatic rings. The molecular weight excluding hydrogens is 392 g/mol. The van der Waals surface area contributed by atoms with E-state index in [0.717, 1.165) is 47.3 Å². The molecule has 0 aromatic carbocycles. The summed E-state index contributed by atoms with van der Waals surface area (Å²) in [5.74, 6) is 6.83. The normalized spacial score (nSPS) is 57.4. The zero-order valence-electron chi connectivity index (χ0n) is 22.0. The molecule has 1 saturated heterocycles. The van der Waals surface area contributed by atoms with Gasteiger partial charge in [-0.15, -0.1) is 0 Å². The number of epoxide rings is 1. The van der Waals surface area contributed by atoms with Crippen LogP contribution in [0, 0.1) is 63.6 Å². The van der Waals surface area contributed by atoms with Crippen LogP contribution in [0.2, 0.25) is 0 Å². The van der Waals surface area contributed by atoms with Gasteiger partial charge < -0.3 is 9.47 Å². The maximum Gasteiger partial charge on any atom is 0.0875 e. The van der Waals surface area contributed by atoms with Crippen molar-refractivity contribution in [3.63, 3.8) is 0 Å². The highest BCUT2D eigenvalue weighted by Gasteiger charge is 2.77. The van der Waals surface area contributed by atoms with Gasteiger partial charge in [0.15, 0.2) is 0 Å². The second-order valence-electron chi connectivity index (χ2n) is 14.2. The molecule has 5 saturated carbocycles. The van der Waals surface area contributed by atoms with Crippen LogP contribution in [0.4, 0.5) is 0 Å². The number of hydrogen-bond donors (Lipinski definition) is 0. The first kappa shape index (κ1) is 22.4. The molecule has 182 valence electrons. The quantitative estimate of drug-likeness (QED) is 0.401. The van der Waals surface area contributed by atoms with Gasteiger partial charge in [-0.1, -0.05) is 48.0 Å². The Kier molecular flexibility index (Phi) is 5.05. The summed E-state index contributed by atoms with van der Waals surface area (Å²) < 4.78 is 12.8. The van der Waals surface area contributed by atoms with Crippen molar-refractivity contribution in [2.45, 2.75) is 118 Å². The summed E-state index contributed by atoms with van der Waals surface area (Å²) in [6.07, 6.45) is 14.5. The van der Waals surface area contributed by atoms with Gasteiger partial charge in [-0.3, -0.25) is 0 Å². The van der Waals surface area contributed by atoms with Crippen LogP contribution in [0.3, 0.4) is 0 Å². The van der Waals surface area contributed by atoms with Crippen molar-refractivity contribution < 1.29 is 9.47 Å². The Bertz CT molecular complexity index is 747. The summed E-state index contributed by atoms with van der Waals surface area (Å²) in [5, 5.41) is 0. The molecule has 32 heavy (non-hydrogen) atoms. The van der Waals surface area contributed by atoms with Gasteiger partial charge in [0.25, 0.3) is 0 Å². The molecule has 2 nitrogen and oxygen atoms in total. The predicted molar refractivity (Wildman–Crippen MR) is 130 cm³/mol. The van der Waals surface area contributed by atoms with Gasteiger partial charge in [0, 0.05) is 12.5 Å². The predicted octanol–water partition coefficient (Wildman–Crippen LogP) is 7.36. The van der Waals surface area contributed by atoms with Gasteiger partial charge in [0.2, 0.25) is 0 Å². The monoisotopic (exact) mass is 442 g/mol. The van der Waals surface area contributed by atoms with Gasteiger partial charge >= 0.3 is 0 Å². The molecule has 0 amide bonds. The highest BCUT2D eigenvalue weighted by molar-refractivity contribution is 5.26. The number of rotatable bonds is 6. The van der Waals surface area contributed by atoms with Crippen LogP contribution >= 0.6 is 0 Å². The summed E-state index contributed by atoms with van der Waals surface area (Å²) in [7, 11) is 2.03. The number of hydrogen-bond acceptors (Lipinski definition) is 2. The standard InChI is InChI=1S/C30H50O2/c1-8-20(17(2)3)27-26(32-27)18(4)22-9-10-23-21-15-25(31-7)30-16-19(30)11-14-29(30,6)24(21)12-13-28(22,23)5/h17-27H,8-16H2,1-7H3/t18-,19+,20-,21?,22?,23?,24?,25+,26-,27-,28+,29+,30?/m0/s1. The molecule has 6 fully saturated rings. The van der Waals surface area contributed by atoms with E-state index in [4.69, 9.17) is 9.47 Å². The molecule has 0 N–H and O–H groups in total. The van der Waals surface area contributed by atoms with E-state index in [1.54, 1.807) is 0 Å². The van der Waals surface area contributed by atoms with Crippen LogP contribution in [0.1, 0.15) is 99.3 Å². The van der Waals surface area contributed by atoms with Crippen molar-refractivity contribution in [1.82, 2.24) is 0 Å². The van der Waals surface area contributed by atoms with Crippen LogP contribution in [0.5, 0.6) is 0 Å². The fraction of sp³-hybridized carbons (Fsp3) is 1.00. The van der Waals surface area contributed by atoms with E-state index < -0.39 is 0 Å². The van der Waals surface area contributed by atoms with E-state index in [1.165, 1.54) is 57.8 Å². The van der Waals surface area contributed by atoms with Gasteiger partial charge in [-0.25, -0.2) is 0 Å². The van der Waals surface area contributed by atoms with Crippen LogP contribution in [-0.2, 0) is 9.47 Å². The summed E-state index contributed by atoms with van der Waals surface area (Å²) in [5.41, 5.74) is 1.64. The van der Waals surface area contributed by atoms with Gasteiger partial charge in [0.05, 0.1) is 18.3 Å². The molecule has 13 atom stereocenters.